The third-order valence-electron chi connectivity index (χ3n) is 1.28. The first-order chi connectivity index (χ1) is 5.24. The molecular formula is C9H5FO. The van der Waals surface area contributed by atoms with Crippen LogP contribution in [0.2, 0.25) is 0 Å². The molecule has 0 bridgehead atoms. The minimum Gasteiger partial charge on any atom is -0.255 e. The monoisotopic (exact) mass is 148 g/mol. The van der Waals surface area contributed by atoms with Gasteiger partial charge in [0.1, 0.15) is 0 Å². The molecule has 0 fully saturated rings. The summed E-state index contributed by atoms with van der Waals surface area (Å²) < 4.78 is 12.0. The molecule has 0 atom stereocenters. The molecule has 0 unspecified atom stereocenters. The van der Waals surface area contributed by atoms with E-state index in [4.69, 9.17) is 6.42 Å². The zero-order valence-corrected chi connectivity index (χ0v) is 5.67. The first-order valence-corrected chi connectivity index (χ1v) is 3.00. The highest BCUT2D eigenvalue weighted by Gasteiger charge is 2.00. The van der Waals surface area contributed by atoms with Crippen molar-refractivity contribution in [1.29, 1.82) is 0 Å². The fourth-order valence-electron chi connectivity index (χ4n) is 0.697. The molecule has 1 aromatic rings. The normalized spacial score (nSPS) is 8.73. The Morgan fingerprint density at radius 3 is 2.27 bits per heavy atom. The van der Waals surface area contributed by atoms with Crippen LogP contribution in [-0.4, -0.2) is 6.04 Å². The van der Waals surface area contributed by atoms with Gasteiger partial charge in [0.05, 0.1) is 5.56 Å². The summed E-state index contributed by atoms with van der Waals surface area (Å²) >= 11 is 0. The topological polar surface area (TPSA) is 17.1 Å². The molecule has 0 saturated heterocycles. The number of carbonyl (C=O) groups is 1. The van der Waals surface area contributed by atoms with Crippen LogP contribution in [0.1, 0.15) is 15.9 Å². The number of hydrogen-bond donors (Lipinski definition) is 0. The molecule has 54 valence electrons. The number of hydrogen-bond acceptors (Lipinski definition) is 1. The second-order valence-corrected chi connectivity index (χ2v) is 2.00. The van der Waals surface area contributed by atoms with Crippen LogP contribution in [0, 0.1) is 12.3 Å². The number of benzene rings is 1. The van der Waals surface area contributed by atoms with E-state index in [1.54, 1.807) is 0 Å². The Labute approximate surface area is 63.9 Å². The summed E-state index contributed by atoms with van der Waals surface area (Å²) in [6.07, 6.45) is 5.05. The molecule has 0 aromatic heterocycles. The van der Waals surface area contributed by atoms with Gasteiger partial charge >= 0.3 is 6.04 Å². The minimum atomic E-state index is -1.44. The van der Waals surface area contributed by atoms with Crippen LogP contribution in [0.25, 0.3) is 0 Å². The van der Waals surface area contributed by atoms with Gasteiger partial charge in [0.15, 0.2) is 0 Å². The number of rotatable bonds is 1. The van der Waals surface area contributed by atoms with Gasteiger partial charge in [0.25, 0.3) is 0 Å². The average molecular weight is 148 g/mol. The Bertz CT molecular complexity index is 305. The third kappa shape index (κ3) is 1.65. The van der Waals surface area contributed by atoms with E-state index in [1.165, 1.54) is 24.3 Å². The van der Waals surface area contributed by atoms with E-state index in [-0.39, 0.29) is 5.56 Å². The van der Waals surface area contributed by atoms with Crippen molar-refractivity contribution in [2.45, 2.75) is 0 Å². The Hall–Kier alpha value is -1.62. The molecule has 0 radical (unpaired) electrons. The van der Waals surface area contributed by atoms with Crippen LogP contribution in [0.15, 0.2) is 24.3 Å². The Morgan fingerprint density at radius 2 is 1.91 bits per heavy atom. The summed E-state index contributed by atoms with van der Waals surface area (Å²) in [7, 11) is 0. The van der Waals surface area contributed by atoms with E-state index in [0.29, 0.717) is 5.56 Å². The maximum Gasteiger partial charge on any atom is 0.332 e. The van der Waals surface area contributed by atoms with Gasteiger partial charge in [-0.15, -0.1) is 6.42 Å². The fourth-order valence-corrected chi connectivity index (χ4v) is 0.697. The highest BCUT2D eigenvalue weighted by atomic mass is 19.1. The second kappa shape index (κ2) is 2.98. The molecule has 1 aromatic carbocycles. The van der Waals surface area contributed by atoms with Crippen LogP contribution in [0.5, 0.6) is 0 Å². The van der Waals surface area contributed by atoms with Crippen molar-refractivity contribution in [3.05, 3.63) is 35.4 Å². The standard InChI is InChI=1S/C9H5FO/c1-2-7-3-5-8(6-4-7)9(10)11/h1,3-6H. The molecule has 0 saturated carbocycles. The summed E-state index contributed by atoms with van der Waals surface area (Å²) in [5.41, 5.74) is 0.666. The number of carbonyl (C=O) groups excluding carboxylic acids is 1. The number of halogens is 1. The molecular weight excluding hydrogens is 143 g/mol. The Morgan fingerprint density at radius 1 is 1.36 bits per heavy atom. The van der Waals surface area contributed by atoms with E-state index >= 15 is 0 Å². The average Bonchev–Trinajstić information content (AvgIpc) is 2.05. The third-order valence-corrected chi connectivity index (χ3v) is 1.28. The quantitative estimate of drug-likeness (QED) is 0.438. The number of terminal acetylenes is 1. The zero-order valence-electron chi connectivity index (χ0n) is 5.67. The van der Waals surface area contributed by atoms with Gasteiger partial charge in [0, 0.05) is 5.56 Å². The van der Waals surface area contributed by atoms with Gasteiger partial charge in [-0.25, -0.2) is 0 Å². The molecule has 1 rings (SSSR count). The SMILES string of the molecule is C#Cc1ccc(C(=O)F)cc1. The molecule has 2 heteroatoms. The zero-order chi connectivity index (χ0) is 8.27. The van der Waals surface area contributed by atoms with Gasteiger partial charge in [-0.3, -0.25) is 4.79 Å². The van der Waals surface area contributed by atoms with E-state index in [1.807, 2.05) is 0 Å². The van der Waals surface area contributed by atoms with Crippen LogP contribution in [0.3, 0.4) is 0 Å². The molecule has 0 aliphatic heterocycles. The first kappa shape index (κ1) is 7.49. The van der Waals surface area contributed by atoms with E-state index in [9.17, 15) is 9.18 Å². The van der Waals surface area contributed by atoms with Crippen molar-refractivity contribution in [2.75, 3.05) is 0 Å². The summed E-state index contributed by atoms with van der Waals surface area (Å²) in [5, 5.41) is 0. The lowest BCUT2D eigenvalue weighted by Crippen LogP contribution is -1.88. The van der Waals surface area contributed by atoms with Gasteiger partial charge in [0.2, 0.25) is 0 Å². The van der Waals surface area contributed by atoms with E-state index < -0.39 is 6.04 Å². The smallest absolute Gasteiger partial charge is 0.255 e. The minimum absolute atomic E-state index is 0.0315. The molecule has 0 N–H and O–H groups in total. The lowest BCUT2D eigenvalue weighted by Gasteiger charge is -1.91. The Balaban J connectivity index is 3.03. The van der Waals surface area contributed by atoms with Crippen molar-refractivity contribution < 1.29 is 9.18 Å². The van der Waals surface area contributed by atoms with Gasteiger partial charge < -0.3 is 0 Å². The highest BCUT2D eigenvalue weighted by molar-refractivity contribution is 5.88. The summed E-state index contributed by atoms with van der Waals surface area (Å²) in [6, 6.07) is 4.32. The molecule has 0 amide bonds. The van der Waals surface area contributed by atoms with Gasteiger partial charge in [-0.1, -0.05) is 5.92 Å². The maximum atomic E-state index is 12.0. The van der Waals surface area contributed by atoms with Gasteiger partial charge in [-0.2, -0.15) is 4.39 Å². The molecule has 0 aliphatic rings. The highest BCUT2D eigenvalue weighted by Crippen LogP contribution is 2.04. The van der Waals surface area contributed by atoms with E-state index in [2.05, 4.69) is 5.92 Å². The van der Waals surface area contributed by atoms with Crippen molar-refractivity contribution in [3.8, 4) is 12.3 Å². The summed E-state index contributed by atoms with van der Waals surface area (Å²) in [4.78, 5) is 10.1. The second-order valence-electron chi connectivity index (χ2n) is 2.00. The molecule has 0 spiro atoms. The van der Waals surface area contributed by atoms with Crippen LogP contribution in [0.4, 0.5) is 4.39 Å². The van der Waals surface area contributed by atoms with Crippen molar-refractivity contribution in [2.24, 2.45) is 0 Å². The Kier molecular flexibility index (Phi) is 2.03. The first-order valence-electron chi connectivity index (χ1n) is 3.00. The molecule has 0 heterocycles. The summed E-state index contributed by atoms with van der Waals surface area (Å²) in [5.74, 6) is 2.36. The molecule has 0 aliphatic carbocycles. The van der Waals surface area contributed by atoms with Crippen molar-refractivity contribution in [3.63, 3.8) is 0 Å². The van der Waals surface area contributed by atoms with Crippen molar-refractivity contribution >= 4 is 6.04 Å². The molecule has 1 nitrogen and oxygen atoms in total. The van der Waals surface area contributed by atoms with Crippen LogP contribution < -0.4 is 0 Å². The predicted molar refractivity (Wildman–Crippen MR) is 39.8 cm³/mol. The predicted octanol–water partition coefficient (Wildman–Crippen LogP) is 1.78. The summed E-state index contributed by atoms with van der Waals surface area (Å²) in [6.45, 7) is 0. The molecule has 11 heavy (non-hydrogen) atoms. The maximum absolute atomic E-state index is 12.0. The lowest BCUT2D eigenvalue weighted by atomic mass is 10.1. The fraction of sp³-hybridized carbons (Fsp3) is 0. The van der Waals surface area contributed by atoms with E-state index in [0.717, 1.165) is 0 Å². The van der Waals surface area contributed by atoms with Crippen molar-refractivity contribution in [1.82, 2.24) is 0 Å². The van der Waals surface area contributed by atoms with Crippen LogP contribution >= 0.6 is 0 Å². The largest absolute Gasteiger partial charge is 0.332 e. The van der Waals surface area contributed by atoms with Gasteiger partial charge in [-0.05, 0) is 24.3 Å². The lowest BCUT2D eigenvalue weighted by molar-refractivity contribution is 0.0836. The van der Waals surface area contributed by atoms with Crippen LogP contribution in [-0.2, 0) is 0 Å².